The standard InChI is InChI=1S/C26H20F3N5O/c1-14-10-11-17(12-15(14)2)31-25(35)21-22-24(33-20-9-4-3-8-19(20)32-22)34(23(21)30)18-7-5-6-16(13-18)26(27,28)29/h3-13H,30H2,1-2H3,(H,31,35). The zero-order valence-corrected chi connectivity index (χ0v) is 18.8. The summed E-state index contributed by atoms with van der Waals surface area (Å²) in [4.78, 5) is 22.6. The molecule has 35 heavy (non-hydrogen) atoms. The summed E-state index contributed by atoms with van der Waals surface area (Å²) in [5.41, 5.74) is 9.79. The van der Waals surface area contributed by atoms with Gasteiger partial charge in [0.15, 0.2) is 5.65 Å². The van der Waals surface area contributed by atoms with Gasteiger partial charge in [-0.2, -0.15) is 13.2 Å². The molecule has 5 aromatic rings. The summed E-state index contributed by atoms with van der Waals surface area (Å²) in [6.07, 6.45) is -4.55. The summed E-state index contributed by atoms with van der Waals surface area (Å²) in [6.45, 7) is 3.89. The molecule has 0 saturated heterocycles. The first kappa shape index (κ1) is 22.4. The number of aryl methyl sites for hydroxylation is 2. The molecule has 1 amide bonds. The van der Waals surface area contributed by atoms with Gasteiger partial charge in [0.1, 0.15) is 16.9 Å². The third-order valence-corrected chi connectivity index (χ3v) is 5.92. The summed E-state index contributed by atoms with van der Waals surface area (Å²) in [7, 11) is 0. The van der Waals surface area contributed by atoms with E-state index in [2.05, 4.69) is 15.3 Å². The first-order valence-corrected chi connectivity index (χ1v) is 10.8. The van der Waals surface area contributed by atoms with Crippen LogP contribution in [0.2, 0.25) is 0 Å². The molecule has 0 aliphatic carbocycles. The van der Waals surface area contributed by atoms with Crippen LogP contribution in [0, 0.1) is 13.8 Å². The minimum atomic E-state index is -4.55. The predicted molar refractivity (Wildman–Crippen MR) is 130 cm³/mol. The number of halogens is 3. The first-order chi connectivity index (χ1) is 16.6. The minimum absolute atomic E-state index is 0.0360. The topological polar surface area (TPSA) is 85.8 Å². The van der Waals surface area contributed by atoms with Gasteiger partial charge in [0, 0.05) is 11.4 Å². The van der Waals surface area contributed by atoms with E-state index in [4.69, 9.17) is 5.73 Å². The Kier molecular flexibility index (Phi) is 5.20. The molecule has 6 nitrogen and oxygen atoms in total. The van der Waals surface area contributed by atoms with Gasteiger partial charge in [-0.1, -0.05) is 24.3 Å². The van der Waals surface area contributed by atoms with Crippen molar-refractivity contribution in [3.63, 3.8) is 0 Å². The van der Waals surface area contributed by atoms with Crippen molar-refractivity contribution in [2.24, 2.45) is 0 Å². The molecule has 0 atom stereocenters. The number of amides is 1. The Morgan fingerprint density at radius 1 is 0.914 bits per heavy atom. The van der Waals surface area contributed by atoms with Crippen LogP contribution in [-0.2, 0) is 6.18 Å². The van der Waals surface area contributed by atoms with Gasteiger partial charge in [-0.3, -0.25) is 9.36 Å². The predicted octanol–water partition coefficient (Wildman–Crippen LogP) is 6.04. The molecule has 0 radical (unpaired) electrons. The maximum Gasteiger partial charge on any atom is 0.416 e. The third kappa shape index (κ3) is 3.95. The van der Waals surface area contributed by atoms with Crippen molar-refractivity contribution in [3.05, 3.63) is 89.0 Å². The maximum atomic E-state index is 13.4. The minimum Gasteiger partial charge on any atom is -0.384 e. The van der Waals surface area contributed by atoms with Crippen molar-refractivity contribution in [1.29, 1.82) is 0 Å². The van der Waals surface area contributed by atoms with Crippen molar-refractivity contribution in [2.75, 3.05) is 11.1 Å². The normalized spacial score (nSPS) is 11.8. The van der Waals surface area contributed by atoms with Crippen LogP contribution in [0.1, 0.15) is 27.0 Å². The summed E-state index contributed by atoms with van der Waals surface area (Å²) in [6, 6.07) is 17.2. The first-order valence-electron chi connectivity index (χ1n) is 10.8. The highest BCUT2D eigenvalue weighted by Crippen LogP contribution is 2.35. The van der Waals surface area contributed by atoms with Crippen LogP contribution in [0.4, 0.5) is 24.7 Å². The summed E-state index contributed by atoms with van der Waals surface area (Å²) in [5, 5.41) is 2.83. The average molecular weight is 475 g/mol. The smallest absolute Gasteiger partial charge is 0.384 e. The van der Waals surface area contributed by atoms with Gasteiger partial charge < -0.3 is 11.1 Å². The molecule has 0 fully saturated rings. The van der Waals surface area contributed by atoms with Crippen LogP contribution in [0.5, 0.6) is 0 Å². The second-order valence-electron chi connectivity index (χ2n) is 8.28. The van der Waals surface area contributed by atoms with Crippen molar-refractivity contribution in [1.82, 2.24) is 14.5 Å². The van der Waals surface area contributed by atoms with E-state index in [-0.39, 0.29) is 28.2 Å². The molecule has 2 aromatic heterocycles. The van der Waals surface area contributed by atoms with E-state index >= 15 is 0 Å². The largest absolute Gasteiger partial charge is 0.416 e. The number of anilines is 2. The van der Waals surface area contributed by atoms with Crippen LogP contribution in [-0.4, -0.2) is 20.4 Å². The number of nitrogens with zero attached hydrogens (tertiary/aromatic N) is 3. The number of carbonyl (C=O) groups is 1. The van der Waals surface area contributed by atoms with Gasteiger partial charge in [0.2, 0.25) is 0 Å². The Morgan fingerprint density at radius 3 is 2.31 bits per heavy atom. The highest BCUT2D eigenvalue weighted by Gasteiger charge is 2.31. The van der Waals surface area contributed by atoms with E-state index in [0.29, 0.717) is 16.7 Å². The van der Waals surface area contributed by atoms with Crippen LogP contribution in [0.15, 0.2) is 66.7 Å². The van der Waals surface area contributed by atoms with Crippen molar-refractivity contribution in [2.45, 2.75) is 20.0 Å². The number of hydrogen-bond acceptors (Lipinski definition) is 4. The molecule has 0 saturated carbocycles. The lowest BCUT2D eigenvalue weighted by atomic mass is 10.1. The van der Waals surface area contributed by atoms with Gasteiger partial charge in [-0.25, -0.2) is 9.97 Å². The maximum absolute atomic E-state index is 13.4. The molecule has 0 spiro atoms. The highest BCUT2D eigenvalue weighted by atomic mass is 19.4. The van der Waals surface area contributed by atoms with E-state index in [1.807, 2.05) is 26.0 Å². The van der Waals surface area contributed by atoms with Gasteiger partial charge in [-0.05, 0) is 67.4 Å². The summed E-state index contributed by atoms with van der Waals surface area (Å²) in [5.74, 6) is -0.595. The second-order valence-corrected chi connectivity index (χ2v) is 8.28. The molecular formula is C26H20F3N5O. The fourth-order valence-electron chi connectivity index (χ4n) is 3.98. The fourth-order valence-corrected chi connectivity index (χ4v) is 3.98. The second kappa shape index (κ2) is 8.12. The molecule has 176 valence electrons. The van der Waals surface area contributed by atoms with Crippen LogP contribution >= 0.6 is 0 Å². The number of benzene rings is 3. The lowest BCUT2D eigenvalue weighted by Crippen LogP contribution is -2.15. The lowest BCUT2D eigenvalue weighted by Gasteiger charge is -2.12. The van der Waals surface area contributed by atoms with Crippen molar-refractivity contribution < 1.29 is 18.0 Å². The highest BCUT2D eigenvalue weighted by molar-refractivity contribution is 6.16. The molecule has 0 aliphatic rings. The van der Waals surface area contributed by atoms with Crippen molar-refractivity contribution in [3.8, 4) is 5.69 Å². The Morgan fingerprint density at radius 2 is 1.63 bits per heavy atom. The molecule has 2 heterocycles. The molecule has 3 aromatic carbocycles. The van der Waals surface area contributed by atoms with E-state index in [0.717, 1.165) is 23.3 Å². The number of para-hydroxylation sites is 2. The van der Waals surface area contributed by atoms with Gasteiger partial charge >= 0.3 is 6.18 Å². The Labute approximate surface area is 198 Å². The van der Waals surface area contributed by atoms with Crippen molar-refractivity contribution >= 4 is 39.6 Å². The average Bonchev–Trinajstić information content (AvgIpc) is 3.10. The quantitative estimate of drug-likeness (QED) is 0.333. The number of nitrogens with two attached hydrogens (primary N) is 1. The molecule has 0 aliphatic heterocycles. The van der Waals surface area contributed by atoms with Crippen LogP contribution in [0.3, 0.4) is 0 Å². The monoisotopic (exact) mass is 475 g/mol. The van der Waals surface area contributed by atoms with E-state index < -0.39 is 17.6 Å². The van der Waals surface area contributed by atoms with E-state index in [1.165, 1.54) is 16.7 Å². The fraction of sp³-hybridized carbons (Fsp3) is 0.115. The number of hydrogen-bond donors (Lipinski definition) is 2. The molecule has 9 heteroatoms. The molecule has 0 bridgehead atoms. The zero-order valence-electron chi connectivity index (χ0n) is 18.8. The Bertz CT molecular complexity index is 1620. The molecule has 0 unspecified atom stereocenters. The number of fused-ring (bicyclic) bond motifs is 2. The number of nitrogens with one attached hydrogen (secondary N) is 1. The third-order valence-electron chi connectivity index (χ3n) is 5.92. The molecule has 3 N–H and O–H groups in total. The number of aromatic nitrogens is 3. The summed E-state index contributed by atoms with van der Waals surface area (Å²) >= 11 is 0. The number of nitrogen functional groups attached to an aromatic ring is 1. The Balaban J connectivity index is 1.74. The molecule has 5 rings (SSSR count). The van der Waals surface area contributed by atoms with Gasteiger partial charge in [-0.15, -0.1) is 0 Å². The van der Waals surface area contributed by atoms with E-state index in [9.17, 15) is 18.0 Å². The van der Waals surface area contributed by atoms with E-state index in [1.54, 1.807) is 30.3 Å². The number of alkyl halides is 3. The van der Waals surface area contributed by atoms with Crippen LogP contribution in [0.25, 0.3) is 27.9 Å². The number of carbonyl (C=O) groups excluding carboxylic acids is 1. The van der Waals surface area contributed by atoms with Crippen LogP contribution < -0.4 is 11.1 Å². The number of rotatable bonds is 3. The lowest BCUT2D eigenvalue weighted by molar-refractivity contribution is -0.137. The Hall–Kier alpha value is -4.40. The zero-order chi connectivity index (χ0) is 24.9. The molecular weight excluding hydrogens is 455 g/mol. The van der Waals surface area contributed by atoms with Gasteiger partial charge in [0.25, 0.3) is 5.91 Å². The SMILES string of the molecule is Cc1ccc(NC(=O)c2c(N)n(-c3cccc(C(F)(F)F)c3)c3nc4ccccc4nc23)cc1C. The van der Waals surface area contributed by atoms with Gasteiger partial charge in [0.05, 0.1) is 16.6 Å². The summed E-state index contributed by atoms with van der Waals surface area (Å²) < 4.78 is 41.6.